The number of rotatable bonds is 6. The second-order valence-electron chi connectivity index (χ2n) is 6.08. The number of anilines is 1. The molecule has 0 aromatic heterocycles. The Morgan fingerprint density at radius 2 is 1.71 bits per heavy atom. The van der Waals surface area contributed by atoms with E-state index in [0.29, 0.717) is 22.7 Å². The Hall–Kier alpha value is -3.11. The Kier molecular flexibility index (Phi) is 5.25. The summed E-state index contributed by atoms with van der Waals surface area (Å²) in [6.45, 7) is 0. The van der Waals surface area contributed by atoms with Crippen LogP contribution in [0.2, 0.25) is 0 Å². The molecule has 28 heavy (non-hydrogen) atoms. The molecule has 0 atom stereocenters. The number of fused-ring (bicyclic) bond motifs is 1. The maximum atomic E-state index is 12.5. The van der Waals surface area contributed by atoms with E-state index in [1.54, 1.807) is 19.2 Å². The number of ether oxygens (including phenoxy) is 2. The Morgan fingerprint density at radius 1 is 1.07 bits per heavy atom. The zero-order chi connectivity index (χ0) is 20.5. The van der Waals surface area contributed by atoms with Crippen molar-refractivity contribution < 1.29 is 27.5 Å². The lowest BCUT2D eigenvalue weighted by atomic mass is 10.2. The van der Waals surface area contributed by atoms with Gasteiger partial charge >= 0.3 is 0 Å². The van der Waals surface area contributed by atoms with Gasteiger partial charge in [-0.3, -0.25) is 15.0 Å². The standard InChI is InChI=1S/C18H19N3O6S/c1-21-16-5-4-15(8-11(16)9-17(21)22)28(24,25)20-19-18(23)12-6-13(26-2)10-14(7-12)27-3/h4-8,10,20H,9H2,1-3H3,(H,19,23). The van der Waals surface area contributed by atoms with Crippen molar-refractivity contribution in [2.45, 2.75) is 11.3 Å². The van der Waals surface area contributed by atoms with Crippen molar-refractivity contribution in [2.24, 2.45) is 0 Å². The number of hydrogen-bond acceptors (Lipinski definition) is 6. The molecule has 0 unspecified atom stereocenters. The summed E-state index contributed by atoms with van der Waals surface area (Å²) >= 11 is 0. The van der Waals surface area contributed by atoms with Gasteiger partial charge in [-0.05, 0) is 35.9 Å². The fraction of sp³-hybridized carbons (Fsp3) is 0.222. The summed E-state index contributed by atoms with van der Waals surface area (Å²) in [6.07, 6.45) is 0.130. The first kappa shape index (κ1) is 19.6. The summed E-state index contributed by atoms with van der Waals surface area (Å²) in [5.41, 5.74) is 3.59. The maximum absolute atomic E-state index is 12.5. The number of carbonyl (C=O) groups is 2. The van der Waals surface area contributed by atoms with Crippen LogP contribution in [0.4, 0.5) is 5.69 Å². The fourth-order valence-electron chi connectivity index (χ4n) is 2.80. The second-order valence-corrected chi connectivity index (χ2v) is 7.76. The van der Waals surface area contributed by atoms with E-state index in [9.17, 15) is 18.0 Å². The molecule has 0 aliphatic carbocycles. The summed E-state index contributed by atoms with van der Waals surface area (Å²) in [5, 5.41) is 0. The van der Waals surface area contributed by atoms with Crippen molar-refractivity contribution in [1.82, 2.24) is 10.3 Å². The van der Waals surface area contributed by atoms with Crippen LogP contribution in [-0.2, 0) is 21.2 Å². The monoisotopic (exact) mass is 405 g/mol. The van der Waals surface area contributed by atoms with Crippen LogP contribution in [0.3, 0.4) is 0 Å². The Balaban J connectivity index is 1.76. The molecule has 148 valence electrons. The number of hydrazine groups is 1. The predicted octanol–water partition coefficient (Wildman–Crippen LogP) is 0.846. The van der Waals surface area contributed by atoms with Gasteiger partial charge in [0.15, 0.2) is 0 Å². The average molecular weight is 405 g/mol. The van der Waals surface area contributed by atoms with Crippen molar-refractivity contribution in [3.8, 4) is 11.5 Å². The van der Waals surface area contributed by atoms with Gasteiger partial charge in [-0.1, -0.05) is 0 Å². The molecule has 1 aliphatic heterocycles. The number of likely N-dealkylation sites (N-methyl/N-ethyl adjacent to an activating group) is 1. The van der Waals surface area contributed by atoms with E-state index < -0.39 is 15.9 Å². The van der Waals surface area contributed by atoms with Gasteiger partial charge in [0, 0.05) is 24.4 Å². The molecule has 2 N–H and O–H groups in total. The van der Waals surface area contributed by atoms with Crippen molar-refractivity contribution in [1.29, 1.82) is 0 Å². The highest BCUT2D eigenvalue weighted by Gasteiger charge is 2.26. The minimum atomic E-state index is -4.03. The number of carbonyl (C=O) groups excluding carboxylic acids is 2. The summed E-state index contributed by atoms with van der Waals surface area (Å²) < 4.78 is 35.2. The van der Waals surface area contributed by atoms with Crippen LogP contribution in [0, 0.1) is 0 Å². The van der Waals surface area contributed by atoms with E-state index in [-0.39, 0.29) is 22.8 Å². The van der Waals surface area contributed by atoms with Gasteiger partial charge in [0.2, 0.25) is 5.91 Å². The summed E-state index contributed by atoms with van der Waals surface area (Å²) in [5.74, 6) is -0.0193. The average Bonchev–Trinajstić information content (AvgIpc) is 2.98. The molecule has 0 saturated carbocycles. The molecule has 0 saturated heterocycles. The van der Waals surface area contributed by atoms with E-state index in [1.807, 2.05) is 0 Å². The van der Waals surface area contributed by atoms with Gasteiger partial charge in [0.25, 0.3) is 15.9 Å². The molecule has 1 aliphatic rings. The molecule has 0 spiro atoms. The van der Waals surface area contributed by atoms with Gasteiger partial charge in [-0.25, -0.2) is 8.42 Å². The molecule has 0 fully saturated rings. The van der Waals surface area contributed by atoms with Gasteiger partial charge < -0.3 is 14.4 Å². The van der Waals surface area contributed by atoms with Crippen LogP contribution in [-0.4, -0.2) is 41.5 Å². The van der Waals surface area contributed by atoms with Crippen LogP contribution in [0.15, 0.2) is 41.3 Å². The van der Waals surface area contributed by atoms with E-state index in [2.05, 4.69) is 10.3 Å². The van der Waals surface area contributed by atoms with Crippen molar-refractivity contribution in [2.75, 3.05) is 26.2 Å². The van der Waals surface area contributed by atoms with Gasteiger partial charge in [0.05, 0.1) is 25.5 Å². The van der Waals surface area contributed by atoms with Crippen molar-refractivity contribution in [3.05, 3.63) is 47.5 Å². The van der Waals surface area contributed by atoms with Crippen LogP contribution in [0.25, 0.3) is 0 Å². The van der Waals surface area contributed by atoms with E-state index in [1.165, 1.54) is 43.4 Å². The normalized spacial score (nSPS) is 13.2. The Labute approximate surface area is 162 Å². The van der Waals surface area contributed by atoms with Gasteiger partial charge in [-0.15, -0.1) is 4.83 Å². The highest BCUT2D eigenvalue weighted by molar-refractivity contribution is 7.89. The third-order valence-corrected chi connectivity index (χ3v) is 5.60. The molecule has 2 aromatic carbocycles. The highest BCUT2D eigenvalue weighted by atomic mass is 32.2. The molecular weight excluding hydrogens is 386 g/mol. The SMILES string of the molecule is COc1cc(OC)cc(C(=O)NNS(=O)(=O)c2ccc3c(c2)CC(=O)N3C)c1. The fourth-order valence-corrected chi connectivity index (χ4v) is 3.69. The zero-order valence-corrected chi connectivity index (χ0v) is 16.3. The molecule has 0 bridgehead atoms. The van der Waals surface area contributed by atoms with Crippen LogP contribution in [0.5, 0.6) is 11.5 Å². The second kappa shape index (κ2) is 7.49. The van der Waals surface area contributed by atoms with E-state index in [4.69, 9.17) is 9.47 Å². The van der Waals surface area contributed by atoms with Crippen LogP contribution < -0.4 is 24.6 Å². The minimum Gasteiger partial charge on any atom is -0.497 e. The first-order chi connectivity index (χ1) is 13.2. The summed E-state index contributed by atoms with van der Waals surface area (Å²) in [7, 11) is 0.482. The molecular formula is C18H19N3O6S. The molecule has 3 rings (SSSR count). The molecule has 9 nitrogen and oxygen atoms in total. The van der Waals surface area contributed by atoms with Gasteiger partial charge in [-0.2, -0.15) is 0 Å². The molecule has 2 aromatic rings. The summed E-state index contributed by atoms with van der Waals surface area (Å²) in [6, 6.07) is 8.83. The number of methoxy groups -OCH3 is 2. The molecule has 10 heteroatoms. The summed E-state index contributed by atoms with van der Waals surface area (Å²) in [4.78, 5) is 27.6. The topological polar surface area (TPSA) is 114 Å². The quantitative estimate of drug-likeness (QED) is 0.689. The third-order valence-electron chi connectivity index (χ3n) is 4.35. The lowest BCUT2D eigenvalue weighted by molar-refractivity contribution is -0.117. The predicted molar refractivity (Wildman–Crippen MR) is 101 cm³/mol. The number of benzene rings is 2. The first-order valence-electron chi connectivity index (χ1n) is 8.20. The largest absolute Gasteiger partial charge is 0.497 e. The van der Waals surface area contributed by atoms with Crippen molar-refractivity contribution in [3.63, 3.8) is 0 Å². The lowest BCUT2D eigenvalue weighted by Gasteiger charge is -2.12. The van der Waals surface area contributed by atoms with E-state index in [0.717, 1.165) is 0 Å². The van der Waals surface area contributed by atoms with Crippen LogP contribution >= 0.6 is 0 Å². The Morgan fingerprint density at radius 3 is 2.32 bits per heavy atom. The number of nitrogens with one attached hydrogen (secondary N) is 2. The van der Waals surface area contributed by atoms with Crippen molar-refractivity contribution >= 4 is 27.5 Å². The first-order valence-corrected chi connectivity index (χ1v) is 9.68. The number of sulfonamides is 1. The maximum Gasteiger partial charge on any atom is 0.266 e. The minimum absolute atomic E-state index is 0.0575. The lowest BCUT2D eigenvalue weighted by Crippen LogP contribution is -2.41. The number of amides is 2. The van der Waals surface area contributed by atoms with Crippen LogP contribution in [0.1, 0.15) is 15.9 Å². The molecule has 1 heterocycles. The Bertz CT molecular complexity index is 1030. The van der Waals surface area contributed by atoms with E-state index >= 15 is 0 Å². The smallest absolute Gasteiger partial charge is 0.266 e. The van der Waals surface area contributed by atoms with Gasteiger partial charge in [0.1, 0.15) is 11.5 Å². The molecule has 2 amide bonds. The molecule has 0 radical (unpaired) electrons. The highest BCUT2D eigenvalue weighted by Crippen LogP contribution is 2.29. The number of nitrogens with zero attached hydrogens (tertiary/aromatic N) is 1. The number of hydrogen-bond donors (Lipinski definition) is 2. The zero-order valence-electron chi connectivity index (χ0n) is 15.5. The third kappa shape index (κ3) is 3.78.